The molecule has 1 aromatic heterocycles. The molecule has 1 fully saturated rings. The van der Waals surface area contributed by atoms with Crippen LogP contribution in [-0.4, -0.2) is 47.0 Å². The van der Waals surface area contributed by atoms with Gasteiger partial charge in [-0.05, 0) is 13.3 Å². The van der Waals surface area contributed by atoms with Gasteiger partial charge in [-0.15, -0.1) is 11.3 Å². The molecular weight excluding hydrogens is 295 g/mol. The Morgan fingerprint density at radius 3 is 2.75 bits per heavy atom. The summed E-state index contributed by atoms with van der Waals surface area (Å²) in [4.78, 5) is 28.8. The average molecular weight is 307 g/mol. The number of amides is 2. The fourth-order valence-electron chi connectivity index (χ4n) is 1.98. The van der Waals surface area contributed by atoms with Crippen LogP contribution in [0.3, 0.4) is 0 Å². The van der Waals surface area contributed by atoms with Crippen LogP contribution in [0.15, 0.2) is 5.51 Å². The maximum absolute atomic E-state index is 12.1. The SMILES string of the molecule is Cc1ncsc1C(=O)N1CCC(NC(=O)C(F)(F)F)C1. The van der Waals surface area contributed by atoms with Crippen molar-refractivity contribution < 1.29 is 22.8 Å². The molecule has 2 amide bonds. The van der Waals surface area contributed by atoms with Gasteiger partial charge in [0.2, 0.25) is 0 Å². The lowest BCUT2D eigenvalue weighted by Gasteiger charge is -2.17. The van der Waals surface area contributed by atoms with E-state index in [2.05, 4.69) is 4.98 Å². The second-order valence-electron chi connectivity index (χ2n) is 4.47. The molecule has 110 valence electrons. The molecule has 0 saturated carbocycles. The van der Waals surface area contributed by atoms with Gasteiger partial charge in [-0.25, -0.2) is 4.98 Å². The van der Waals surface area contributed by atoms with Crippen LogP contribution >= 0.6 is 11.3 Å². The fourth-order valence-corrected chi connectivity index (χ4v) is 2.75. The number of likely N-dealkylation sites (tertiary alicyclic amines) is 1. The highest BCUT2D eigenvalue weighted by Gasteiger charge is 2.41. The van der Waals surface area contributed by atoms with Gasteiger partial charge in [0.15, 0.2) is 0 Å². The zero-order valence-electron chi connectivity index (χ0n) is 10.5. The van der Waals surface area contributed by atoms with Gasteiger partial charge in [-0.1, -0.05) is 0 Å². The molecule has 2 rings (SSSR count). The van der Waals surface area contributed by atoms with Crippen molar-refractivity contribution in [1.82, 2.24) is 15.2 Å². The Balaban J connectivity index is 1.95. The number of nitrogens with zero attached hydrogens (tertiary/aromatic N) is 2. The van der Waals surface area contributed by atoms with Gasteiger partial charge in [0.25, 0.3) is 5.91 Å². The number of aryl methyl sites for hydroxylation is 1. The van der Waals surface area contributed by atoms with Gasteiger partial charge >= 0.3 is 12.1 Å². The number of halogens is 3. The summed E-state index contributed by atoms with van der Waals surface area (Å²) in [7, 11) is 0. The van der Waals surface area contributed by atoms with Crippen molar-refractivity contribution in [3.63, 3.8) is 0 Å². The molecule has 20 heavy (non-hydrogen) atoms. The van der Waals surface area contributed by atoms with E-state index in [1.54, 1.807) is 12.4 Å². The van der Waals surface area contributed by atoms with E-state index in [1.807, 2.05) is 5.32 Å². The van der Waals surface area contributed by atoms with E-state index in [-0.39, 0.29) is 12.5 Å². The standard InChI is InChI=1S/C11H12F3N3O2S/c1-6-8(20-5-15-6)9(18)17-3-2-7(4-17)16-10(19)11(12,13)14/h5,7H,2-4H2,1H3,(H,16,19). The van der Waals surface area contributed by atoms with E-state index >= 15 is 0 Å². The number of alkyl halides is 3. The smallest absolute Gasteiger partial charge is 0.344 e. The number of hydrogen-bond donors (Lipinski definition) is 1. The summed E-state index contributed by atoms with van der Waals surface area (Å²) in [6, 6.07) is -0.665. The van der Waals surface area contributed by atoms with Crippen LogP contribution in [0.4, 0.5) is 13.2 Å². The Morgan fingerprint density at radius 2 is 2.20 bits per heavy atom. The third-order valence-corrected chi connectivity index (χ3v) is 3.92. The van der Waals surface area contributed by atoms with Crippen LogP contribution in [0.1, 0.15) is 21.8 Å². The summed E-state index contributed by atoms with van der Waals surface area (Å²) < 4.78 is 36.4. The highest BCUT2D eigenvalue weighted by molar-refractivity contribution is 7.11. The van der Waals surface area contributed by atoms with Crippen LogP contribution < -0.4 is 5.32 Å². The summed E-state index contributed by atoms with van der Waals surface area (Å²) in [6.07, 6.45) is -4.59. The lowest BCUT2D eigenvalue weighted by Crippen LogP contribution is -2.44. The van der Waals surface area contributed by atoms with E-state index in [4.69, 9.17) is 0 Å². The van der Waals surface area contributed by atoms with Crippen LogP contribution in [0, 0.1) is 6.92 Å². The van der Waals surface area contributed by atoms with Gasteiger partial charge in [-0.2, -0.15) is 13.2 Å². The zero-order chi connectivity index (χ0) is 14.9. The summed E-state index contributed by atoms with van der Waals surface area (Å²) in [5.41, 5.74) is 2.14. The van der Waals surface area contributed by atoms with E-state index in [0.29, 0.717) is 23.5 Å². The Labute approximate surface area is 116 Å². The second kappa shape index (κ2) is 5.39. The molecule has 0 bridgehead atoms. The highest BCUT2D eigenvalue weighted by atomic mass is 32.1. The summed E-state index contributed by atoms with van der Waals surface area (Å²) in [5.74, 6) is -2.22. The predicted molar refractivity (Wildman–Crippen MR) is 65.4 cm³/mol. The average Bonchev–Trinajstić information content (AvgIpc) is 2.96. The molecule has 1 unspecified atom stereocenters. The minimum Gasteiger partial charge on any atom is -0.344 e. The highest BCUT2D eigenvalue weighted by Crippen LogP contribution is 2.20. The first-order chi connectivity index (χ1) is 9.29. The topological polar surface area (TPSA) is 62.3 Å². The van der Waals surface area contributed by atoms with Crippen molar-refractivity contribution in [2.45, 2.75) is 25.6 Å². The first-order valence-corrected chi connectivity index (χ1v) is 6.74. The molecule has 2 heterocycles. The quantitative estimate of drug-likeness (QED) is 0.897. The number of nitrogens with one attached hydrogen (secondary N) is 1. The molecule has 0 radical (unpaired) electrons. The third-order valence-electron chi connectivity index (χ3n) is 3.01. The van der Waals surface area contributed by atoms with Crippen LogP contribution in [-0.2, 0) is 4.79 Å². The summed E-state index contributed by atoms with van der Waals surface area (Å²) in [6.45, 7) is 2.10. The molecule has 5 nitrogen and oxygen atoms in total. The monoisotopic (exact) mass is 307 g/mol. The van der Waals surface area contributed by atoms with Crippen molar-refractivity contribution >= 4 is 23.2 Å². The summed E-state index contributed by atoms with van der Waals surface area (Å²) in [5, 5.41) is 1.89. The van der Waals surface area contributed by atoms with Gasteiger partial charge in [0.05, 0.1) is 11.2 Å². The summed E-state index contributed by atoms with van der Waals surface area (Å²) >= 11 is 1.19. The number of aromatic nitrogens is 1. The number of carbonyl (C=O) groups excluding carboxylic acids is 2. The van der Waals surface area contributed by atoms with E-state index in [9.17, 15) is 22.8 Å². The molecule has 9 heteroatoms. The van der Waals surface area contributed by atoms with Crippen molar-refractivity contribution in [2.24, 2.45) is 0 Å². The van der Waals surface area contributed by atoms with Gasteiger partial charge in [-0.3, -0.25) is 9.59 Å². The third kappa shape index (κ3) is 3.09. The molecule has 1 saturated heterocycles. The number of thiazole rings is 1. The molecule has 1 N–H and O–H groups in total. The van der Waals surface area contributed by atoms with E-state index in [1.165, 1.54) is 16.2 Å². The molecule has 1 aromatic rings. The maximum Gasteiger partial charge on any atom is 0.471 e. The van der Waals surface area contributed by atoms with Crippen LogP contribution in [0.2, 0.25) is 0 Å². The first-order valence-electron chi connectivity index (χ1n) is 5.86. The second-order valence-corrected chi connectivity index (χ2v) is 5.33. The van der Waals surface area contributed by atoms with Crippen LogP contribution in [0.5, 0.6) is 0 Å². The molecule has 0 aliphatic carbocycles. The zero-order valence-corrected chi connectivity index (χ0v) is 11.3. The fraction of sp³-hybridized carbons (Fsp3) is 0.545. The molecule has 1 atom stereocenters. The predicted octanol–water partition coefficient (Wildman–Crippen LogP) is 1.34. The maximum atomic E-state index is 12.1. The lowest BCUT2D eigenvalue weighted by molar-refractivity contribution is -0.174. The lowest BCUT2D eigenvalue weighted by atomic mass is 10.2. The normalized spacial score (nSPS) is 19.2. The minimum absolute atomic E-state index is 0.0813. The van der Waals surface area contributed by atoms with E-state index < -0.39 is 18.1 Å². The number of carbonyl (C=O) groups is 2. The van der Waals surface area contributed by atoms with Gasteiger partial charge in [0.1, 0.15) is 4.88 Å². The van der Waals surface area contributed by atoms with Crippen molar-refractivity contribution in [1.29, 1.82) is 0 Å². The van der Waals surface area contributed by atoms with Crippen molar-refractivity contribution in [2.75, 3.05) is 13.1 Å². The largest absolute Gasteiger partial charge is 0.471 e. The Bertz CT molecular complexity index is 529. The van der Waals surface area contributed by atoms with Gasteiger partial charge < -0.3 is 10.2 Å². The minimum atomic E-state index is -4.90. The Hall–Kier alpha value is -1.64. The Morgan fingerprint density at radius 1 is 1.50 bits per heavy atom. The number of rotatable bonds is 2. The molecule has 0 spiro atoms. The Kier molecular flexibility index (Phi) is 3.98. The van der Waals surface area contributed by atoms with Crippen molar-refractivity contribution in [3.05, 3.63) is 16.1 Å². The van der Waals surface area contributed by atoms with Gasteiger partial charge in [0, 0.05) is 19.1 Å². The number of hydrogen-bond acceptors (Lipinski definition) is 4. The first kappa shape index (κ1) is 14.8. The van der Waals surface area contributed by atoms with Crippen LogP contribution in [0.25, 0.3) is 0 Å². The molecular formula is C11H12F3N3O2S. The molecule has 1 aliphatic heterocycles. The molecule has 0 aromatic carbocycles. The van der Waals surface area contributed by atoms with Crippen molar-refractivity contribution in [3.8, 4) is 0 Å². The van der Waals surface area contributed by atoms with E-state index in [0.717, 1.165) is 0 Å². The molecule has 1 aliphatic rings.